The van der Waals surface area contributed by atoms with Gasteiger partial charge in [0.1, 0.15) is 0 Å². The number of hydrogen-bond donors (Lipinski definition) is 1. The van der Waals surface area contributed by atoms with Crippen LogP contribution >= 0.6 is 0 Å². The Morgan fingerprint density at radius 2 is 2.10 bits per heavy atom. The van der Waals surface area contributed by atoms with Crippen molar-refractivity contribution in [1.29, 1.82) is 0 Å². The number of aryl methyl sites for hydroxylation is 1. The minimum Gasteiger partial charge on any atom is -0.512 e. The Labute approximate surface area is 132 Å². The average Bonchev–Trinajstić information content (AvgIpc) is 2.76. The van der Waals surface area contributed by atoms with Crippen molar-refractivity contribution >= 4 is 5.78 Å². The summed E-state index contributed by atoms with van der Waals surface area (Å²) in [4.78, 5) is 14.2. The van der Waals surface area contributed by atoms with Crippen LogP contribution in [0, 0.1) is 6.07 Å². The number of benzene rings is 1. The zero-order chi connectivity index (χ0) is 14.3. The second-order valence-corrected chi connectivity index (χ2v) is 4.10. The third-order valence-electron chi connectivity index (χ3n) is 2.10. The van der Waals surface area contributed by atoms with E-state index in [9.17, 15) is 4.79 Å². The Balaban J connectivity index is 0.000000396. The zero-order valence-corrected chi connectivity index (χ0v) is 14.0. The van der Waals surface area contributed by atoms with Crippen molar-refractivity contribution in [1.82, 2.24) is 9.55 Å². The van der Waals surface area contributed by atoms with Crippen LogP contribution in [-0.4, -0.2) is 20.4 Å². The number of carbonyl (C=O) groups excluding carboxylic acids is 1. The van der Waals surface area contributed by atoms with E-state index < -0.39 is 0 Å². The van der Waals surface area contributed by atoms with Crippen LogP contribution in [0.15, 0.2) is 48.6 Å². The van der Waals surface area contributed by atoms with Crippen molar-refractivity contribution in [2.45, 2.75) is 13.8 Å². The molecule has 0 bridgehead atoms. The first-order valence-corrected chi connectivity index (χ1v) is 5.82. The predicted octanol–water partition coefficient (Wildman–Crippen LogP) is 2.92. The molecule has 0 spiro atoms. The van der Waals surface area contributed by atoms with Gasteiger partial charge in [0.2, 0.25) is 0 Å². The molecule has 1 radical (unpaired) electrons. The second kappa shape index (κ2) is 9.23. The van der Waals surface area contributed by atoms with Crippen LogP contribution in [0.1, 0.15) is 13.8 Å². The number of rotatable bonds is 2. The van der Waals surface area contributed by atoms with E-state index in [1.807, 2.05) is 42.1 Å². The molecule has 0 atom stereocenters. The molecule has 0 aliphatic rings. The van der Waals surface area contributed by atoms with E-state index in [1.165, 1.54) is 19.9 Å². The van der Waals surface area contributed by atoms with Crippen molar-refractivity contribution in [3.8, 4) is 11.3 Å². The fraction of sp³-hybridized carbons (Fsp3) is 0.200. The van der Waals surface area contributed by atoms with Gasteiger partial charge in [-0.2, -0.15) is 0 Å². The van der Waals surface area contributed by atoms with Crippen LogP contribution in [0.2, 0.25) is 0 Å². The number of allylic oxidation sites excluding steroid dienone is 2. The van der Waals surface area contributed by atoms with Gasteiger partial charge in [0, 0.05) is 38.9 Å². The molecule has 0 amide bonds. The van der Waals surface area contributed by atoms with Crippen molar-refractivity contribution in [2.24, 2.45) is 7.05 Å². The van der Waals surface area contributed by atoms with E-state index in [-0.39, 0.29) is 31.6 Å². The van der Waals surface area contributed by atoms with Crippen LogP contribution in [0.25, 0.3) is 11.3 Å². The third-order valence-corrected chi connectivity index (χ3v) is 2.10. The molecule has 0 saturated carbocycles. The summed E-state index contributed by atoms with van der Waals surface area (Å²) < 4.78 is 1.93. The largest absolute Gasteiger partial charge is 0.512 e. The molecule has 2 aromatic rings. The van der Waals surface area contributed by atoms with E-state index in [0.717, 1.165) is 11.3 Å². The van der Waals surface area contributed by atoms with E-state index in [0.29, 0.717) is 0 Å². The molecule has 0 fully saturated rings. The fourth-order valence-corrected chi connectivity index (χ4v) is 1.40. The minimum atomic E-state index is -0.125. The number of imidazole rings is 1. The quantitative estimate of drug-likeness (QED) is 0.436. The van der Waals surface area contributed by atoms with Crippen LogP contribution < -0.4 is 0 Å². The maximum absolute atomic E-state index is 10.0. The van der Waals surface area contributed by atoms with Gasteiger partial charge < -0.3 is 9.67 Å². The SMILES string of the molecule is CC(=O)/C=C(/C)O.Cn1cnc(-c2[c-]cccc2)c1.[Ir]. The molecule has 2 rings (SSSR count). The van der Waals surface area contributed by atoms with Gasteiger partial charge in [-0.3, -0.25) is 9.78 Å². The summed E-state index contributed by atoms with van der Waals surface area (Å²) in [5.74, 6) is -0.0625. The standard InChI is InChI=1S/C10H9N2.C5H8O2.Ir/c1-12-7-10(11-8-12)9-5-3-2-4-6-9;1-4(6)3-5(2)7;/h2-5,7-8H,1H3;3,6H,1-2H3;/q-1;;/b;4-3-;. The number of carbonyl (C=O) groups is 1. The van der Waals surface area contributed by atoms with E-state index in [4.69, 9.17) is 5.11 Å². The van der Waals surface area contributed by atoms with Crippen LogP contribution in [-0.2, 0) is 31.9 Å². The molecule has 20 heavy (non-hydrogen) atoms. The Morgan fingerprint density at radius 1 is 1.40 bits per heavy atom. The Morgan fingerprint density at radius 3 is 2.45 bits per heavy atom. The van der Waals surface area contributed by atoms with Crippen LogP contribution in [0.3, 0.4) is 0 Å². The molecule has 1 aromatic carbocycles. The maximum Gasteiger partial charge on any atom is 0.155 e. The molecule has 0 aliphatic carbocycles. The molecular formula is C15H17IrN2O2-. The first-order chi connectivity index (χ1) is 8.99. The minimum absolute atomic E-state index is 0. The summed E-state index contributed by atoms with van der Waals surface area (Å²) >= 11 is 0. The summed E-state index contributed by atoms with van der Waals surface area (Å²) in [5.41, 5.74) is 2.01. The molecule has 1 N–H and O–H groups in total. The first kappa shape index (κ1) is 18.3. The van der Waals surface area contributed by atoms with Gasteiger partial charge in [0.25, 0.3) is 0 Å². The number of ketones is 1. The zero-order valence-electron chi connectivity index (χ0n) is 11.6. The summed E-state index contributed by atoms with van der Waals surface area (Å²) in [7, 11) is 1.96. The smallest absolute Gasteiger partial charge is 0.155 e. The number of aromatic nitrogens is 2. The molecule has 109 valence electrons. The van der Waals surface area contributed by atoms with Gasteiger partial charge in [0.15, 0.2) is 5.78 Å². The van der Waals surface area contributed by atoms with E-state index in [1.54, 1.807) is 6.33 Å². The van der Waals surface area contributed by atoms with Gasteiger partial charge in [0.05, 0.1) is 12.1 Å². The normalized spacial score (nSPS) is 10.1. The van der Waals surface area contributed by atoms with Gasteiger partial charge in [-0.1, -0.05) is 0 Å². The number of nitrogens with zero attached hydrogens (tertiary/aromatic N) is 2. The van der Waals surface area contributed by atoms with Crippen molar-refractivity contribution in [3.05, 3.63) is 54.7 Å². The van der Waals surface area contributed by atoms with Gasteiger partial charge in [-0.05, 0) is 20.0 Å². The molecule has 4 nitrogen and oxygen atoms in total. The Hall–Kier alpha value is -1.71. The van der Waals surface area contributed by atoms with Crippen LogP contribution in [0.5, 0.6) is 0 Å². The second-order valence-electron chi connectivity index (χ2n) is 4.10. The van der Waals surface area contributed by atoms with Crippen molar-refractivity contribution in [2.75, 3.05) is 0 Å². The van der Waals surface area contributed by atoms with Gasteiger partial charge in [-0.15, -0.1) is 35.9 Å². The van der Waals surface area contributed by atoms with Crippen molar-refractivity contribution < 1.29 is 30.0 Å². The van der Waals surface area contributed by atoms with E-state index >= 15 is 0 Å². The summed E-state index contributed by atoms with van der Waals surface area (Å²) in [5, 5.41) is 8.36. The molecular weight excluding hydrogens is 432 g/mol. The van der Waals surface area contributed by atoms with Crippen LogP contribution in [0.4, 0.5) is 0 Å². The number of aliphatic hydroxyl groups excluding tert-OH is 1. The molecule has 1 heterocycles. The van der Waals surface area contributed by atoms with Crippen molar-refractivity contribution in [3.63, 3.8) is 0 Å². The Bertz CT molecular complexity index is 558. The third kappa shape index (κ3) is 7.02. The molecule has 0 aliphatic heterocycles. The molecule has 1 aromatic heterocycles. The molecule has 0 unspecified atom stereocenters. The first-order valence-electron chi connectivity index (χ1n) is 5.82. The molecule has 5 heteroatoms. The topological polar surface area (TPSA) is 55.1 Å². The van der Waals surface area contributed by atoms with Gasteiger partial charge >= 0.3 is 0 Å². The summed E-state index contributed by atoms with van der Waals surface area (Å²) in [6.07, 6.45) is 4.93. The fourth-order valence-electron chi connectivity index (χ4n) is 1.40. The monoisotopic (exact) mass is 450 g/mol. The maximum atomic E-state index is 10.0. The summed E-state index contributed by atoms with van der Waals surface area (Å²) in [6, 6.07) is 11.0. The van der Waals surface area contributed by atoms with Gasteiger partial charge in [-0.25, -0.2) is 0 Å². The number of aliphatic hydroxyl groups is 1. The average molecular weight is 450 g/mol. The van der Waals surface area contributed by atoms with E-state index in [2.05, 4.69) is 11.1 Å². The number of hydrogen-bond acceptors (Lipinski definition) is 3. The Kier molecular flexibility index (Phi) is 8.44. The summed E-state index contributed by atoms with van der Waals surface area (Å²) in [6.45, 7) is 2.85. The predicted molar refractivity (Wildman–Crippen MR) is 74.5 cm³/mol. The molecule has 0 saturated heterocycles.